The lowest BCUT2D eigenvalue weighted by Crippen LogP contribution is -2.39. The lowest BCUT2D eigenvalue weighted by Gasteiger charge is -2.24. The first-order chi connectivity index (χ1) is 15.4. The average molecular weight is 513 g/mol. The van der Waals surface area contributed by atoms with Crippen LogP contribution < -0.4 is 19.6 Å². The van der Waals surface area contributed by atoms with E-state index in [0.29, 0.717) is 20.6 Å². The third-order valence-corrected chi connectivity index (χ3v) is 6.63. The number of nitrogens with zero attached hydrogens (tertiary/aromatic N) is 2. The number of rotatable bonds is 5. The Bertz CT molecular complexity index is 1370. The SMILES string of the molecule is CCOC(=O)C1=C(C)N=c2s/c(=C\c3ccc(OC)cc3)c(=O)n2C1c1ccc(Br)cc1. The van der Waals surface area contributed by atoms with Crippen molar-refractivity contribution in [2.75, 3.05) is 13.7 Å². The van der Waals surface area contributed by atoms with E-state index in [-0.39, 0.29) is 12.2 Å². The molecule has 2 heterocycles. The summed E-state index contributed by atoms with van der Waals surface area (Å²) >= 11 is 4.75. The van der Waals surface area contributed by atoms with Gasteiger partial charge in [-0.2, -0.15) is 0 Å². The van der Waals surface area contributed by atoms with Crippen molar-refractivity contribution < 1.29 is 14.3 Å². The Morgan fingerprint density at radius 2 is 1.88 bits per heavy atom. The number of thiazole rings is 1. The summed E-state index contributed by atoms with van der Waals surface area (Å²) in [4.78, 5) is 31.5. The van der Waals surface area contributed by atoms with E-state index in [1.807, 2.05) is 54.6 Å². The Labute approximate surface area is 197 Å². The third kappa shape index (κ3) is 4.20. The number of hydrogen-bond acceptors (Lipinski definition) is 6. The molecule has 8 heteroatoms. The summed E-state index contributed by atoms with van der Waals surface area (Å²) in [6.45, 7) is 3.77. The van der Waals surface area contributed by atoms with Crippen LogP contribution in [0.2, 0.25) is 0 Å². The molecular formula is C24H21BrN2O4S. The van der Waals surface area contributed by atoms with Gasteiger partial charge in [-0.05, 0) is 55.3 Å². The van der Waals surface area contributed by atoms with Gasteiger partial charge in [-0.3, -0.25) is 9.36 Å². The summed E-state index contributed by atoms with van der Waals surface area (Å²) in [7, 11) is 1.61. The smallest absolute Gasteiger partial charge is 0.338 e. The fourth-order valence-corrected chi connectivity index (χ4v) is 4.91. The molecule has 1 aliphatic rings. The van der Waals surface area contributed by atoms with Gasteiger partial charge in [0.2, 0.25) is 0 Å². The topological polar surface area (TPSA) is 69.9 Å². The summed E-state index contributed by atoms with van der Waals surface area (Å²) in [6, 6.07) is 14.4. The van der Waals surface area contributed by atoms with Crippen LogP contribution in [0, 0.1) is 0 Å². The van der Waals surface area contributed by atoms with Gasteiger partial charge in [0.05, 0.1) is 35.6 Å². The molecule has 6 nitrogen and oxygen atoms in total. The maximum Gasteiger partial charge on any atom is 0.338 e. The molecule has 3 aromatic rings. The van der Waals surface area contributed by atoms with E-state index < -0.39 is 12.0 Å². The van der Waals surface area contributed by atoms with E-state index in [2.05, 4.69) is 20.9 Å². The number of esters is 1. The van der Waals surface area contributed by atoms with Crippen molar-refractivity contribution in [1.29, 1.82) is 0 Å². The van der Waals surface area contributed by atoms with Gasteiger partial charge in [-0.1, -0.05) is 51.5 Å². The number of allylic oxidation sites excluding steroid dienone is 1. The lowest BCUT2D eigenvalue weighted by molar-refractivity contribution is -0.139. The number of hydrogen-bond donors (Lipinski definition) is 0. The molecule has 1 atom stereocenters. The second-order valence-corrected chi connectivity index (χ2v) is 9.05. The van der Waals surface area contributed by atoms with Crippen LogP contribution in [-0.4, -0.2) is 24.3 Å². The van der Waals surface area contributed by atoms with E-state index in [4.69, 9.17) is 9.47 Å². The number of fused-ring (bicyclic) bond motifs is 1. The minimum atomic E-state index is -0.614. The van der Waals surface area contributed by atoms with Crippen LogP contribution in [0.25, 0.3) is 6.08 Å². The molecule has 0 spiro atoms. The quantitative estimate of drug-likeness (QED) is 0.490. The highest BCUT2D eigenvalue weighted by Gasteiger charge is 2.33. The molecule has 32 heavy (non-hydrogen) atoms. The number of ether oxygens (including phenoxy) is 2. The number of aromatic nitrogens is 1. The van der Waals surface area contributed by atoms with Crippen LogP contribution in [0.5, 0.6) is 5.75 Å². The highest BCUT2D eigenvalue weighted by Crippen LogP contribution is 2.31. The second kappa shape index (κ2) is 9.26. The maximum atomic E-state index is 13.5. The van der Waals surface area contributed by atoms with Gasteiger partial charge in [-0.25, -0.2) is 9.79 Å². The Kier molecular flexibility index (Phi) is 6.43. The lowest BCUT2D eigenvalue weighted by atomic mass is 9.96. The maximum absolute atomic E-state index is 13.5. The highest BCUT2D eigenvalue weighted by molar-refractivity contribution is 9.10. The monoisotopic (exact) mass is 512 g/mol. The fourth-order valence-electron chi connectivity index (χ4n) is 3.60. The number of carbonyl (C=O) groups excluding carboxylic acids is 1. The molecule has 0 radical (unpaired) electrons. The van der Waals surface area contributed by atoms with Crippen LogP contribution in [-0.2, 0) is 9.53 Å². The molecule has 1 aliphatic heterocycles. The molecule has 0 bridgehead atoms. The highest BCUT2D eigenvalue weighted by atomic mass is 79.9. The Balaban J connectivity index is 1.92. The van der Waals surface area contributed by atoms with Gasteiger partial charge >= 0.3 is 5.97 Å². The molecule has 1 aromatic heterocycles. The number of carbonyl (C=O) groups is 1. The zero-order valence-electron chi connectivity index (χ0n) is 17.8. The molecule has 0 saturated carbocycles. The predicted molar refractivity (Wildman–Crippen MR) is 128 cm³/mol. The minimum absolute atomic E-state index is 0.202. The summed E-state index contributed by atoms with van der Waals surface area (Å²) in [5.41, 5.74) is 2.40. The minimum Gasteiger partial charge on any atom is -0.497 e. The van der Waals surface area contributed by atoms with Crippen molar-refractivity contribution in [3.05, 3.63) is 95.1 Å². The number of methoxy groups -OCH3 is 1. The molecule has 0 fully saturated rings. The van der Waals surface area contributed by atoms with E-state index in [0.717, 1.165) is 21.3 Å². The van der Waals surface area contributed by atoms with Gasteiger partial charge in [0, 0.05) is 4.47 Å². The predicted octanol–water partition coefficient (Wildman–Crippen LogP) is 3.57. The molecule has 0 amide bonds. The zero-order valence-corrected chi connectivity index (χ0v) is 20.2. The summed E-state index contributed by atoms with van der Waals surface area (Å²) in [5, 5.41) is 0. The van der Waals surface area contributed by atoms with Crippen molar-refractivity contribution in [3.63, 3.8) is 0 Å². The van der Waals surface area contributed by atoms with Crippen molar-refractivity contribution >= 4 is 39.3 Å². The Morgan fingerprint density at radius 1 is 1.19 bits per heavy atom. The second-order valence-electron chi connectivity index (χ2n) is 7.13. The number of halogens is 1. The van der Waals surface area contributed by atoms with Crippen LogP contribution in [0.1, 0.15) is 31.0 Å². The van der Waals surface area contributed by atoms with Crippen LogP contribution in [0.15, 0.2) is 74.1 Å². The molecule has 0 aliphatic carbocycles. The largest absolute Gasteiger partial charge is 0.497 e. The first kappa shape index (κ1) is 22.2. The van der Waals surface area contributed by atoms with E-state index >= 15 is 0 Å². The van der Waals surface area contributed by atoms with Crippen molar-refractivity contribution in [2.24, 2.45) is 4.99 Å². The Morgan fingerprint density at radius 3 is 2.50 bits per heavy atom. The fraction of sp³-hybridized carbons (Fsp3) is 0.208. The van der Waals surface area contributed by atoms with Crippen LogP contribution >= 0.6 is 27.3 Å². The number of benzene rings is 2. The summed E-state index contributed by atoms with van der Waals surface area (Å²) in [5.74, 6) is 0.277. The van der Waals surface area contributed by atoms with E-state index in [9.17, 15) is 9.59 Å². The van der Waals surface area contributed by atoms with Crippen molar-refractivity contribution in [1.82, 2.24) is 4.57 Å². The average Bonchev–Trinajstić information content (AvgIpc) is 3.08. The molecule has 1 unspecified atom stereocenters. The molecule has 4 rings (SSSR count). The molecule has 2 aromatic carbocycles. The molecule has 0 saturated heterocycles. The molecule has 0 N–H and O–H groups in total. The third-order valence-electron chi connectivity index (χ3n) is 5.12. The van der Waals surface area contributed by atoms with Gasteiger partial charge in [0.25, 0.3) is 5.56 Å². The van der Waals surface area contributed by atoms with Crippen molar-refractivity contribution in [2.45, 2.75) is 19.9 Å². The van der Waals surface area contributed by atoms with E-state index in [1.54, 1.807) is 25.5 Å². The molecular weight excluding hydrogens is 492 g/mol. The zero-order chi connectivity index (χ0) is 22.8. The summed E-state index contributed by atoms with van der Waals surface area (Å²) in [6.07, 6.45) is 1.82. The van der Waals surface area contributed by atoms with Crippen molar-refractivity contribution in [3.8, 4) is 5.75 Å². The summed E-state index contributed by atoms with van der Waals surface area (Å²) < 4.78 is 13.5. The van der Waals surface area contributed by atoms with Gasteiger partial charge in [0.15, 0.2) is 4.80 Å². The first-order valence-corrected chi connectivity index (χ1v) is 11.6. The van der Waals surface area contributed by atoms with Crippen LogP contribution in [0.3, 0.4) is 0 Å². The molecule has 164 valence electrons. The van der Waals surface area contributed by atoms with Gasteiger partial charge in [0.1, 0.15) is 5.75 Å². The first-order valence-electron chi connectivity index (χ1n) is 10.0. The normalized spacial score (nSPS) is 15.9. The van der Waals surface area contributed by atoms with Gasteiger partial charge < -0.3 is 9.47 Å². The Hall–Kier alpha value is -2.97. The van der Waals surface area contributed by atoms with Crippen LogP contribution in [0.4, 0.5) is 0 Å². The van der Waals surface area contributed by atoms with Gasteiger partial charge in [-0.15, -0.1) is 0 Å². The standard InChI is InChI=1S/C24H21BrN2O4S/c1-4-31-23(29)20-14(2)26-24-27(21(20)16-7-9-17(25)10-8-16)22(28)19(32-24)13-15-5-11-18(30-3)12-6-15/h5-13,21H,4H2,1-3H3/b19-13-. The van der Waals surface area contributed by atoms with E-state index in [1.165, 1.54) is 11.3 Å².